The summed E-state index contributed by atoms with van der Waals surface area (Å²) in [4.78, 5) is 22.4. The number of aryl methyl sites for hydroxylation is 1. The Morgan fingerprint density at radius 2 is 1.71 bits per heavy atom. The fourth-order valence-corrected chi connectivity index (χ4v) is 2.14. The van der Waals surface area contributed by atoms with Crippen molar-refractivity contribution in [3.63, 3.8) is 0 Å². The highest BCUT2D eigenvalue weighted by Crippen LogP contribution is 2.16. The lowest BCUT2D eigenvalue weighted by atomic mass is 10.1. The summed E-state index contributed by atoms with van der Waals surface area (Å²) in [5.41, 5.74) is 2.83. The molecule has 2 aromatic carbocycles. The van der Waals surface area contributed by atoms with Gasteiger partial charge in [0.15, 0.2) is 0 Å². The SMILES string of the molecule is Cc1ccc(CC(=O)Nc2ccc(OCCCC(=O)O)cc2)cc1. The normalized spacial score (nSPS) is 10.2. The number of carboxylic acid groups (broad SMARTS) is 1. The summed E-state index contributed by atoms with van der Waals surface area (Å²) in [5, 5.41) is 11.4. The molecule has 2 aromatic rings. The van der Waals surface area contributed by atoms with Crippen molar-refractivity contribution in [3.05, 3.63) is 59.7 Å². The number of anilines is 1. The number of benzene rings is 2. The number of carbonyl (C=O) groups excluding carboxylic acids is 1. The van der Waals surface area contributed by atoms with Gasteiger partial charge in [-0.2, -0.15) is 0 Å². The Balaban J connectivity index is 1.79. The van der Waals surface area contributed by atoms with Gasteiger partial charge in [-0.15, -0.1) is 0 Å². The topological polar surface area (TPSA) is 75.6 Å². The lowest BCUT2D eigenvalue weighted by Crippen LogP contribution is -2.14. The Morgan fingerprint density at radius 3 is 2.33 bits per heavy atom. The van der Waals surface area contributed by atoms with E-state index in [9.17, 15) is 9.59 Å². The molecule has 0 fully saturated rings. The van der Waals surface area contributed by atoms with E-state index >= 15 is 0 Å². The molecule has 0 spiro atoms. The molecule has 0 bridgehead atoms. The number of rotatable bonds is 8. The van der Waals surface area contributed by atoms with Gasteiger partial charge in [-0.1, -0.05) is 29.8 Å². The molecule has 1 amide bonds. The molecule has 0 heterocycles. The zero-order valence-electron chi connectivity index (χ0n) is 13.6. The van der Waals surface area contributed by atoms with Crippen LogP contribution in [-0.2, 0) is 16.0 Å². The maximum atomic E-state index is 12.0. The number of hydrogen-bond acceptors (Lipinski definition) is 3. The molecule has 0 aliphatic carbocycles. The van der Waals surface area contributed by atoms with E-state index in [4.69, 9.17) is 9.84 Å². The van der Waals surface area contributed by atoms with Crippen molar-refractivity contribution in [1.82, 2.24) is 0 Å². The minimum absolute atomic E-state index is 0.0750. The van der Waals surface area contributed by atoms with Gasteiger partial charge in [0, 0.05) is 12.1 Å². The summed E-state index contributed by atoms with van der Waals surface area (Å²) >= 11 is 0. The standard InChI is InChI=1S/C19H21NO4/c1-14-4-6-15(7-5-14)13-18(21)20-16-8-10-17(11-9-16)24-12-2-3-19(22)23/h4-11H,2-3,12-13H2,1H3,(H,20,21)(H,22,23). The van der Waals surface area contributed by atoms with Crippen LogP contribution in [0.3, 0.4) is 0 Å². The minimum Gasteiger partial charge on any atom is -0.494 e. The second kappa shape index (κ2) is 8.72. The molecule has 0 aromatic heterocycles. The van der Waals surface area contributed by atoms with E-state index in [-0.39, 0.29) is 12.3 Å². The summed E-state index contributed by atoms with van der Waals surface area (Å²) in [6.45, 7) is 2.36. The van der Waals surface area contributed by atoms with Gasteiger partial charge in [-0.05, 0) is 43.2 Å². The van der Waals surface area contributed by atoms with Crippen LogP contribution in [-0.4, -0.2) is 23.6 Å². The quantitative estimate of drug-likeness (QED) is 0.729. The molecule has 126 valence electrons. The third-order valence-electron chi connectivity index (χ3n) is 3.43. The van der Waals surface area contributed by atoms with Crippen molar-refractivity contribution in [3.8, 4) is 5.75 Å². The lowest BCUT2D eigenvalue weighted by Gasteiger charge is -2.08. The molecule has 5 heteroatoms. The van der Waals surface area contributed by atoms with Gasteiger partial charge in [0.1, 0.15) is 5.75 Å². The van der Waals surface area contributed by atoms with Crippen LogP contribution in [0, 0.1) is 6.92 Å². The summed E-state index contributed by atoms with van der Waals surface area (Å²) in [6.07, 6.45) is 0.880. The number of carbonyl (C=O) groups is 2. The Morgan fingerprint density at radius 1 is 1.04 bits per heavy atom. The molecule has 2 N–H and O–H groups in total. The van der Waals surface area contributed by atoms with Gasteiger partial charge in [0.25, 0.3) is 0 Å². The second-order valence-corrected chi connectivity index (χ2v) is 5.58. The van der Waals surface area contributed by atoms with Crippen LogP contribution in [0.15, 0.2) is 48.5 Å². The molecule has 5 nitrogen and oxygen atoms in total. The summed E-state index contributed by atoms with van der Waals surface area (Å²) < 4.78 is 5.45. The van der Waals surface area contributed by atoms with Crippen LogP contribution in [0.1, 0.15) is 24.0 Å². The summed E-state index contributed by atoms with van der Waals surface area (Å²) in [5.74, 6) is -0.254. The van der Waals surface area contributed by atoms with Crippen molar-refractivity contribution < 1.29 is 19.4 Å². The van der Waals surface area contributed by atoms with Gasteiger partial charge < -0.3 is 15.2 Å². The number of aliphatic carboxylic acids is 1. The fraction of sp³-hybridized carbons (Fsp3) is 0.263. The second-order valence-electron chi connectivity index (χ2n) is 5.58. The van der Waals surface area contributed by atoms with Crippen molar-refractivity contribution in [2.45, 2.75) is 26.2 Å². The van der Waals surface area contributed by atoms with E-state index in [1.807, 2.05) is 31.2 Å². The first-order valence-corrected chi connectivity index (χ1v) is 7.83. The Labute approximate surface area is 141 Å². The minimum atomic E-state index is -0.828. The van der Waals surface area contributed by atoms with E-state index < -0.39 is 5.97 Å². The van der Waals surface area contributed by atoms with Crippen LogP contribution in [0.5, 0.6) is 5.75 Å². The van der Waals surface area contributed by atoms with Gasteiger partial charge in [-0.3, -0.25) is 9.59 Å². The Bertz CT molecular complexity index is 678. The van der Waals surface area contributed by atoms with Crippen LogP contribution in [0.2, 0.25) is 0 Å². The van der Waals surface area contributed by atoms with Crippen LogP contribution < -0.4 is 10.1 Å². The molecule has 2 rings (SSSR count). The predicted octanol–water partition coefficient (Wildman–Crippen LogP) is 3.42. The molecule has 0 unspecified atom stereocenters. The summed E-state index contributed by atoms with van der Waals surface area (Å²) in [6, 6.07) is 14.9. The Kier molecular flexibility index (Phi) is 6.37. The van der Waals surface area contributed by atoms with E-state index in [2.05, 4.69) is 5.32 Å². The van der Waals surface area contributed by atoms with Crippen LogP contribution >= 0.6 is 0 Å². The van der Waals surface area contributed by atoms with Gasteiger partial charge >= 0.3 is 5.97 Å². The number of carboxylic acids is 1. The molecule has 0 radical (unpaired) electrons. The number of amides is 1. The smallest absolute Gasteiger partial charge is 0.303 e. The van der Waals surface area contributed by atoms with E-state index in [1.54, 1.807) is 24.3 Å². The molecular weight excluding hydrogens is 306 g/mol. The first kappa shape index (κ1) is 17.5. The Hall–Kier alpha value is -2.82. The number of hydrogen-bond donors (Lipinski definition) is 2. The first-order chi connectivity index (χ1) is 11.5. The van der Waals surface area contributed by atoms with E-state index in [0.717, 1.165) is 11.1 Å². The highest BCUT2D eigenvalue weighted by Gasteiger charge is 2.04. The average molecular weight is 327 g/mol. The average Bonchev–Trinajstić information content (AvgIpc) is 2.55. The highest BCUT2D eigenvalue weighted by molar-refractivity contribution is 5.92. The third-order valence-corrected chi connectivity index (χ3v) is 3.43. The van der Waals surface area contributed by atoms with Gasteiger partial charge in [0.2, 0.25) is 5.91 Å². The molecule has 24 heavy (non-hydrogen) atoms. The van der Waals surface area contributed by atoms with Crippen LogP contribution in [0.4, 0.5) is 5.69 Å². The van der Waals surface area contributed by atoms with Crippen molar-refractivity contribution >= 4 is 17.6 Å². The highest BCUT2D eigenvalue weighted by atomic mass is 16.5. The molecular formula is C19H21NO4. The molecule has 0 aliphatic heterocycles. The fourth-order valence-electron chi connectivity index (χ4n) is 2.14. The lowest BCUT2D eigenvalue weighted by molar-refractivity contribution is -0.137. The van der Waals surface area contributed by atoms with Gasteiger partial charge in [0.05, 0.1) is 13.0 Å². The molecule has 0 aliphatic rings. The molecule has 0 saturated heterocycles. The summed E-state index contributed by atoms with van der Waals surface area (Å²) in [7, 11) is 0. The van der Waals surface area contributed by atoms with E-state index in [1.165, 1.54) is 0 Å². The number of ether oxygens (including phenoxy) is 1. The third kappa shape index (κ3) is 6.12. The largest absolute Gasteiger partial charge is 0.494 e. The van der Waals surface area contributed by atoms with Crippen molar-refractivity contribution in [1.29, 1.82) is 0 Å². The monoisotopic (exact) mass is 327 g/mol. The van der Waals surface area contributed by atoms with Crippen molar-refractivity contribution in [2.24, 2.45) is 0 Å². The zero-order chi connectivity index (χ0) is 17.4. The predicted molar refractivity (Wildman–Crippen MR) is 92.3 cm³/mol. The van der Waals surface area contributed by atoms with E-state index in [0.29, 0.717) is 30.9 Å². The molecule has 0 atom stereocenters. The van der Waals surface area contributed by atoms with Crippen molar-refractivity contribution in [2.75, 3.05) is 11.9 Å². The maximum absolute atomic E-state index is 12.0. The first-order valence-electron chi connectivity index (χ1n) is 7.83. The van der Waals surface area contributed by atoms with Crippen LogP contribution in [0.25, 0.3) is 0 Å². The maximum Gasteiger partial charge on any atom is 0.303 e. The zero-order valence-corrected chi connectivity index (χ0v) is 13.6. The van der Waals surface area contributed by atoms with Gasteiger partial charge in [-0.25, -0.2) is 0 Å². The number of nitrogens with one attached hydrogen (secondary N) is 1. The molecule has 0 saturated carbocycles.